The molecule has 0 saturated heterocycles. The molecule has 0 aliphatic rings. The Hall–Kier alpha value is -1.44. The predicted octanol–water partition coefficient (Wildman–Crippen LogP) is 0.805. The van der Waals surface area contributed by atoms with Crippen LogP contribution in [0.3, 0.4) is 0 Å². The number of hydrogen-bond donors (Lipinski definition) is 2. The number of nitrogens with two attached hydrogens (primary N) is 2. The molecule has 1 aromatic rings. The molecule has 0 aromatic heterocycles. The molecule has 0 fully saturated rings. The average molecular weight is 168 g/mol. The van der Waals surface area contributed by atoms with Gasteiger partial charge >= 0.3 is 0 Å². The van der Waals surface area contributed by atoms with Gasteiger partial charge in [0.1, 0.15) is 0 Å². The van der Waals surface area contributed by atoms with Gasteiger partial charge in [0.2, 0.25) is 5.91 Å². The van der Waals surface area contributed by atoms with Crippen molar-refractivity contribution in [2.45, 2.75) is 13.0 Å². The van der Waals surface area contributed by atoms with Crippen LogP contribution in [0.15, 0.2) is 24.3 Å². The number of carbonyl (C=O) groups is 1. The number of primary amides is 1. The van der Waals surface area contributed by atoms with E-state index in [2.05, 4.69) is 0 Å². The van der Waals surface area contributed by atoms with Gasteiger partial charge in [0.05, 0.1) is 0 Å². The summed E-state index contributed by atoms with van der Waals surface area (Å²) in [5, 5.41) is 0. The Morgan fingerprint density at radius 1 is 1.31 bits per heavy atom. The minimum Gasteiger partial charge on any atom is -0.366 e. The molecule has 0 radical (unpaired) electrons. The molecule has 1 rings (SSSR count). The van der Waals surface area contributed by atoms with Gasteiger partial charge in [-0.05, 0) is 24.6 Å². The Labute approximate surface area is 77.5 Å². The number of benzene rings is 1. The summed E-state index contributed by atoms with van der Waals surface area (Å²) < 4.78 is 0. The van der Waals surface area contributed by atoms with Gasteiger partial charge in [0.25, 0.3) is 0 Å². The van der Waals surface area contributed by atoms with E-state index in [4.69, 9.17) is 11.5 Å². The van der Waals surface area contributed by atoms with E-state index in [0.717, 1.165) is 5.56 Å². The third-order valence-corrected chi connectivity index (χ3v) is 1.72. The summed E-state index contributed by atoms with van der Waals surface area (Å²) in [6.45, 7) is 1.89. The van der Waals surface area contributed by atoms with E-state index in [0.29, 0.717) is 5.56 Å². The van der Waals surface area contributed by atoms with Crippen molar-refractivity contribution in [3.05, 3.63) is 35.4 Å². The molecule has 1 aromatic carbocycles. The monoisotopic (exact) mass is 168 g/mol. The molecule has 0 unspecified atom stereocenters. The van der Waals surface area contributed by atoms with Crippen LogP contribution in [-0.4, -0.2) is 5.91 Å². The fourth-order valence-electron chi connectivity index (χ4n) is 0.951. The van der Waals surface area contributed by atoms with Gasteiger partial charge in [-0.15, -0.1) is 0 Å². The molecule has 1 atom stereocenters. The van der Waals surface area contributed by atoms with Crippen LogP contribution in [0.2, 0.25) is 0 Å². The Morgan fingerprint density at radius 2 is 1.77 bits per heavy atom. The van der Waals surface area contributed by atoms with Gasteiger partial charge < -0.3 is 11.5 Å². The van der Waals surface area contributed by atoms with Crippen molar-refractivity contribution in [3.63, 3.8) is 0 Å². The molecule has 0 aliphatic heterocycles. The van der Waals surface area contributed by atoms with E-state index in [9.17, 15) is 4.79 Å². The summed E-state index contributed by atoms with van der Waals surface area (Å²) in [6.07, 6.45) is 0. The maximum Gasteiger partial charge on any atom is 0.248 e. The van der Waals surface area contributed by atoms with Crippen LogP contribution < -0.4 is 11.5 Å². The fraction of sp³-hybridized carbons (Fsp3) is 0.222. The second-order valence-electron chi connectivity index (χ2n) is 2.77. The number of carbonyl (C=O) groups excluding carboxylic acids is 1. The summed E-state index contributed by atoms with van der Waals surface area (Å²) >= 11 is 0. The molecule has 0 aliphatic carbocycles. The number of amides is 1. The summed E-state index contributed by atoms with van der Waals surface area (Å²) in [5.74, 6) is -0.411. The Kier molecular flexibility index (Phi) is 4.05. The normalized spacial score (nSPS) is 11.5. The van der Waals surface area contributed by atoms with Crippen molar-refractivity contribution in [1.82, 2.24) is 0 Å². The van der Waals surface area contributed by atoms with E-state index in [1.165, 1.54) is 0 Å². The second kappa shape index (κ2) is 4.55. The van der Waals surface area contributed by atoms with Gasteiger partial charge in [-0.3, -0.25) is 4.79 Å². The van der Waals surface area contributed by atoms with E-state index in [1.54, 1.807) is 12.1 Å². The van der Waals surface area contributed by atoms with E-state index < -0.39 is 5.91 Å². The third kappa shape index (κ3) is 2.82. The molecule has 4 N–H and O–H groups in total. The van der Waals surface area contributed by atoms with Crippen LogP contribution in [0.25, 0.3) is 0 Å². The molecule has 3 nitrogen and oxygen atoms in total. The van der Waals surface area contributed by atoms with E-state index in [1.807, 2.05) is 19.1 Å². The topological polar surface area (TPSA) is 69.1 Å². The van der Waals surface area contributed by atoms with E-state index >= 15 is 0 Å². The summed E-state index contributed by atoms with van der Waals surface area (Å²) in [6, 6.07) is 6.98. The molecule has 66 valence electrons. The standard InChI is InChI=1S/C9H12N2O.He/c1-6(10)7-2-4-8(5-3-7)9(11)12;/h2-6H,10H2,1H3,(H2,11,12);/t6-;/m1./s1. The molecule has 4 heteroatoms. The van der Waals surface area contributed by atoms with Gasteiger partial charge in [0.15, 0.2) is 0 Å². The summed E-state index contributed by atoms with van der Waals surface area (Å²) in [4.78, 5) is 10.7. The van der Waals surface area contributed by atoms with Gasteiger partial charge in [-0.1, -0.05) is 12.1 Å². The maximum absolute atomic E-state index is 10.7. The van der Waals surface area contributed by atoms with Crippen molar-refractivity contribution < 1.29 is 10.9 Å². The molecule has 0 saturated carbocycles. The molecule has 1 amide bonds. The quantitative estimate of drug-likeness (QED) is 0.686. The van der Waals surface area contributed by atoms with Gasteiger partial charge in [-0.2, -0.15) is 0 Å². The second-order valence-corrected chi connectivity index (χ2v) is 2.77. The molecular weight excluding hydrogens is 156 g/mol. The van der Waals surface area contributed by atoms with Crippen LogP contribution >= 0.6 is 0 Å². The SMILES string of the molecule is C[C@@H](N)c1ccc(C(N)=O)cc1.[He]. The van der Waals surface area contributed by atoms with E-state index in [-0.39, 0.29) is 12.2 Å². The van der Waals surface area contributed by atoms with Crippen molar-refractivity contribution in [1.29, 1.82) is 0 Å². The molecule has 0 heterocycles. The minimum atomic E-state index is -0.411. The van der Waals surface area contributed by atoms with Crippen LogP contribution in [-0.2, 0) is 0 Å². The zero-order valence-electron chi connectivity index (χ0n) is 7.66. The zero-order chi connectivity index (χ0) is 9.14. The predicted molar refractivity (Wildman–Crippen MR) is 47.6 cm³/mol. The van der Waals surface area contributed by atoms with Crippen LogP contribution in [0.5, 0.6) is 0 Å². The first-order chi connectivity index (χ1) is 5.61. The third-order valence-electron chi connectivity index (χ3n) is 1.72. The number of hydrogen-bond acceptors (Lipinski definition) is 2. The van der Waals surface area contributed by atoms with Crippen molar-refractivity contribution in [2.24, 2.45) is 11.5 Å². The summed E-state index contributed by atoms with van der Waals surface area (Å²) in [5.41, 5.74) is 12.2. The first kappa shape index (κ1) is 11.6. The Bertz CT molecular complexity index is 282. The zero-order valence-corrected chi connectivity index (χ0v) is 7.66. The Morgan fingerprint density at radius 3 is 2.08 bits per heavy atom. The van der Waals surface area contributed by atoms with Crippen LogP contribution in [0.1, 0.15) is 28.9 Å². The molecular formula is C9H12HeN2O. The van der Waals surface area contributed by atoms with Crippen LogP contribution in [0.4, 0.5) is 0 Å². The fourth-order valence-corrected chi connectivity index (χ4v) is 0.951. The summed E-state index contributed by atoms with van der Waals surface area (Å²) in [7, 11) is 0. The first-order valence-corrected chi connectivity index (χ1v) is 3.76. The molecule has 13 heavy (non-hydrogen) atoms. The molecule has 0 spiro atoms. The number of rotatable bonds is 2. The maximum atomic E-state index is 10.7. The Balaban J connectivity index is 0.00000144. The van der Waals surface area contributed by atoms with Gasteiger partial charge in [-0.25, -0.2) is 0 Å². The largest absolute Gasteiger partial charge is 0.366 e. The minimum absolute atomic E-state index is 0. The smallest absolute Gasteiger partial charge is 0.248 e. The first-order valence-electron chi connectivity index (χ1n) is 3.76. The molecule has 0 bridgehead atoms. The average Bonchev–Trinajstić information content (AvgIpc) is 2.04. The van der Waals surface area contributed by atoms with Crippen molar-refractivity contribution in [3.8, 4) is 0 Å². The van der Waals surface area contributed by atoms with Gasteiger partial charge in [0, 0.05) is 17.8 Å². The van der Waals surface area contributed by atoms with Crippen LogP contribution in [0, 0.1) is 6.15 Å². The van der Waals surface area contributed by atoms with Crippen molar-refractivity contribution >= 4 is 5.91 Å². The van der Waals surface area contributed by atoms with Crippen molar-refractivity contribution in [2.75, 3.05) is 0 Å².